The molecule has 0 N–H and O–H groups in total. The van der Waals surface area contributed by atoms with Crippen molar-refractivity contribution in [3.63, 3.8) is 0 Å². The molecule has 2 aromatic heterocycles. The van der Waals surface area contributed by atoms with E-state index in [1.165, 1.54) is 0 Å². The van der Waals surface area contributed by atoms with Crippen molar-refractivity contribution in [3.05, 3.63) is 64.7 Å². The van der Waals surface area contributed by atoms with Gasteiger partial charge in [-0.3, -0.25) is 0 Å². The average molecular weight is 364 g/mol. The fourth-order valence-corrected chi connectivity index (χ4v) is 3.52. The van der Waals surface area contributed by atoms with Crippen LogP contribution in [0.3, 0.4) is 0 Å². The van der Waals surface area contributed by atoms with Gasteiger partial charge < -0.3 is 0 Å². The van der Waals surface area contributed by atoms with E-state index in [0.29, 0.717) is 11.0 Å². The quantitative estimate of drug-likeness (QED) is 0.623. The van der Waals surface area contributed by atoms with E-state index in [1.54, 1.807) is 6.07 Å². The zero-order valence-corrected chi connectivity index (χ0v) is 15.8. The number of nitrogens with zero attached hydrogens (tertiary/aromatic N) is 5. The van der Waals surface area contributed by atoms with Crippen molar-refractivity contribution in [2.75, 3.05) is 0 Å². The summed E-state index contributed by atoms with van der Waals surface area (Å²) in [6.07, 6.45) is 3.67. The highest BCUT2D eigenvalue weighted by molar-refractivity contribution is 6.30. The van der Waals surface area contributed by atoms with E-state index in [-0.39, 0.29) is 5.41 Å². The summed E-state index contributed by atoms with van der Waals surface area (Å²) in [5.41, 5.74) is 5.53. The Balaban J connectivity index is 1.82. The van der Waals surface area contributed by atoms with Crippen molar-refractivity contribution >= 4 is 23.0 Å². The van der Waals surface area contributed by atoms with Crippen LogP contribution in [0.15, 0.2) is 41.7 Å². The highest BCUT2D eigenvalue weighted by Crippen LogP contribution is 2.43. The zero-order valence-electron chi connectivity index (χ0n) is 15.1. The lowest BCUT2D eigenvalue weighted by Crippen LogP contribution is -2.27. The second-order valence-corrected chi connectivity index (χ2v) is 7.35. The molecule has 0 fully saturated rings. The number of aryl methyl sites for hydroxylation is 2. The molecule has 5 nitrogen and oxygen atoms in total. The van der Waals surface area contributed by atoms with Gasteiger partial charge in [0.15, 0.2) is 0 Å². The van der Waals surface area contributed by atoms with Crippen LogP contribution < -0.4 is 0 Å². The van der Waals surface area contributed by atoms with E-state index < -0.39 is 0 Å². The lowest BCUT2D eigenvalue weighted by molar-refractivity contribution is 0.734. The Morgan fingerprint density at radius 3 is 2.31 bits per heavy atom. The van der Waals surface area contributed by atoms with Crippen LogP contribution in [0, 0.1) is 13.8 Å². The maximum Gasteiger partial charge on any atom is 0.133 e. The average Bonchev–Trinajstić information content (AvgIpc) is 2.85. The van der Waals surface area contributed by atoms with Crippen molar-refractivity contribution in [1.29, 1.82) is 0 Å². The number of benzene rings is 1. The molecule has 4 rings (SSSR count). The van der Waals surface area contributed by atoms with E-state index in [1.807, 2.05) is 26.2 Å². The molecule has 1 aliphatic rings. The Hall–Kier alpha value is -2.66. The van der Waals surface area contributed by atoms with Crippen molar-refractivity contribution in [3.8, 4) is 11.1 Å². The summed E-state index contributed by atoms with van der Waals surface area (Å²) >= 11 is 6.13. The van der Waals surface area contributed by atoms with E-state index in [4.69, 9.17) is 16.6 Å². The van der Waals surface area contributed by atoms with Crippen LogP contribution >= 0.6 is 11.6 Å². The Morgan fingerprint density at radius 1 is 0.885 bits per heavy atom. The maximum atomic E-state index is 6.13. The summed E-state index contributed by atoms with van der Waals surface area (Å²) in [5.74, 6) is 1.40. The summed E-state index contributed by atoms with van der Waals surface area (Å²) in [7, 11) is 0. The first-order valence-electron chi connectivity index (χ1n) is 8.39. The van der Waals surface area contributed by atoms with Crippen LogP contribution in [0.1, 0.15) is 36.8 Å². The van der Waals surface area contributed by atoms with Gasteiger partial charge in [-0.15, -0.1) is 0 Å². The Kier molecular flexibility index (Phi) is 3.84. The number of hydrogen-bond donors (Lipinski definition) is 0. The van der Waals surface area contributed by atoms with Gasteiger partial charge in [-0.1, -0.05) is 23.7 Å². The minimum absolute atomic E-state index is 0.262. The molecule has 0 bridgehead atoms. The molecule has 0 radical (unpaired) electrons. The summed E-state index contributed by atoms with van der Waals surface area (Å²) in [6, 6.07) is 8.06. The molecular weight excluding hydrogens is 346 g/mol. The molecule has 0 amide bonds. The minimum atomic E-state index is -0.262. The second kappa shape index (κ2) is 5.95. The summed E-state index contributed by atoms with van der Waals surface area (Å²) in [6.45, 7) is 8.01. The highest BCUT2D eigenvalue weighted by Gasteiger charge is 2.36. The molecule has 0 spiro atoms. The van der Waals surface area contributed by atoms with E-state index >= 15 is 0 Å². The van der Waals surface area contributed by atoms with Crippen molar-refractivity contribution in [1.82, 2.24) is 19.9 Å². The van der Waals surface area contributed by atoms with Gasteiger partial charge in [0.05, 0.1) is 17.1 Å². The number of aliphatic imine (C=N–C) groups is 1. The van der Waals surface area contributed by atoms with Gasteiger partial charge >= 0.3 is 0 Å². The van der Waals surface area contributed by atoms with Gasteiger partial charge in [-0.05, 0) is 44.9 Å². The first-order chi connectivity index (χ1) is 12.3. The number of rotatable bonds is 2. The molecule has 3 heterocycles. The molecule has 6 heteroatoms. The number of aromatic nitrogens is 4. The minimum Gasteiger partial charge on any atom is -0.250 e. The van der Waals surface area contributed by atoms with Crippen LogP contribution in [0.2, 0.25) is 5.15 Å². The van der Waals surface area contributed by atoms with Crippen LogP contribution in [-0.2, 0) is 5.41 Å². The van der Waals surface area contributed by atoms with Crippen LogP contribution in [-0.4, -0.2) is 25.6 Å². The highest BCUT2D eigenvalue weighted by atomic mass is 35.5. The third kappa shape index (κ3) is 2.78. The number of hydrogen-bond acceptors (Lipinski definition) is 5. The van der Waals surface area contributed by atoms with Crippen LogP contribution in [0.25, 0.3) is 11.1 Å². The largest absolute Gasteiger partial charge is 0.250 e. The topological polar surface area (TPSA) is 63.9 Å². The van der Waals surface area contributed by atoms with Crippen molar-refractivity contribution in [2.45, 2.75) is 33.1 Å². The third-order valence-electron chi connectivity index (χ3n) is 4.66. The normalized spacial score (nSPS) is 14.9. The molecule has 0 saturated heterocycles. The molecular formula is C20H18ClN5. The Morgan fingerprint density at radius 2 is 1.62 bits per heavy atom. The SMILES string of the molecule is Cc1ncc(-c2ccc3c(c2)N=C(c2cc(Cl)nc(C)n2)C3(C)C)cn1. The first kappa shape index (κ1) is 16.8. The number of halogens is 1. The fraction of sp³-hybridized carbons (Fsp3) is 0.250. The lowest BCUT2D eigenvalue weighted by atomic mass is 9.80. The zero-order chi connectivity index (χ0) is 18.5. The standard InChI is InChI=1S/C20H18ClN5/c1-11-22-9-14(10-23-11)13-5-6-15-16(7-13)26-19(20(15,3)4)17-8-18(21)25-12(2)24-17/h5-10H,1-4H3. The summed E-state index contributed by atoms with van der Waals surface area (Å²) in [5, 5.41) is 0.430. The van der Waals surface area contributed by atoms with Gasteiger partial charge in [0, 0.05) is 29.4 Å². The molecule has 26 heavy (non-hydrogen) atoms. The summed E-state index contributed by atoms with van der Waals surface area (Å²) < 4.78 is 0. The van der Waals surface area contributed by atoms with Gasteiger partial charge in [0.2, 0.25) is 0 Å². The monoisotopic (exact) mass is 363 g/mol. The maximum absolute atomic E-state index is 6.13. The molecule has 3 aromatic rings. The second-order valence-electron chi connectivity index (χ2n) is 6.96. The molecule has 1 aliphatic heterocycles. The predicted molar refractivity (Wildman–Crippen MR) is 103 cm³/mol. The third-order valence-corrected chi connectivity index (χ3v) is 4.85. The molecule has 1 aromatic carbocycles. The van der Waals surface area contributed by atoms with Gasteiger partial charge in [0.1, 0.15) is 16.8 Å². The van der Waals surface area contributed by atoms with Gasteiger partial charge in [-0.2, -0.15) is 0 Å². The molecule has 0 saturated carbocycles. The molecule has 0 atom stereocenters. The molecule has 0 unspecified atom stereocenters. The van der Waals surface area contributed by atoms with Crippen LogP contribution in [0.4, 0.5) is 5.69 Å². The molecule has 0 aliphatic carbocycles. The van der Waals surface area contributed by atoms with Crippen molar-refractivity contribution in [2.24, 2.45) is 4.99 Å². The number of fused-ring (bicyclic) bond motifs is 1. The Labute approximate surface area is 157 Å². The van der Waals surface area contributed by atoms with Gasteiger partial charge in [-0.25, -0.2) is 24.9 Å². The lowest BCUT2D eigenvalue weighted by Gasteiger charge is -2.22. The summed E-state index contributed by atoms with van der Waals surface area (Å²) in [4.78, 5) is 22.1. The predicted octanol–water partition coefficient (Wildman–Crippen LogP) is 4.62. The van der Waals surface area contributed by atoms with Crippen molar-refractivity contribution < 1.29 is 0 Å². The first-order valence-corrected chi connectivity index (χ1v) is 8.76. The smallest absolute Gasteiger partial charge is 0.133 e. The van der Waals surface area contributed by atoms with Gasteiger partial charge in [0.25, 0.3) is 0 Å². The fourth-order valence-electron chi connectivity index (χ4n) is 3.29. The van der Waals surface area contributed by atoms with E-state index in [9.17, 15) is 0 Å². The van der Waals surface area contributed by atoms with E-state index in [0.717, 1.165) is 39.6 Å². The molecule has 130 valence electrons. The Bertz CT molecular complexity index is 1020. The van der Waals surface area contributed by atoms with Crippen LogP contribution in [0.5, 0.6) is 0 Å². The van der Waals surface area contributed by atoms with E-state index in [2.05, 4.69) is 52.0 Å².